The van der Waals surface area contributed by atoms with E-state index in [-0.39, 0.29) is 12.3 Å². The molecule has 1 aliphatic heterocycles. The monoisotopic (exact) mass is 509 g/mol. The second kappa shape index (κ2) is 10.2. The molecule has 8 nitrogen and oxygen atoms in total. The minimum Gasteiger partial charge on any atom is -0.477 e. The lowest BCUT2D eigenvalue weighted by molar-refractivity contribution is 0.0691. The van der Waals surface area contributed by atoms with E-state index in [4.69, 9.17) is 16.3 Å². The van der Waals surface area contributed by atoms with Gasteiger partial charge in [0.25, 0.3) is 0 Å². The predicted molar refractivity (Wildman–Crippen MR) is 133 cm³/mol. The number of pyridine rings is 2. The lowest BCUT2D eigenvalue weighted by atomic mass is 9.93. The maximum atomic E-state index is 14.0. The average Bonchev–Trinajstić information content (AvgIpc) is 3.18. The fraction of sp³-hybridized carbons (Fsp3) is 0.308. The average molecular weight is 510 g/mol. The van der Waals surface area contributed by atoms with Gasteiger partial charge in [-0.3, -0.25) is 4.90 Å². The van der Waals surface area contributed by atoms with E-state index >= 15 is 0 Å². The summed E-state index contributed by atoms with van der Waals surface area (Å²) in [6.45, 7) is 2.50. The van der Waals surface area contributed by atoms with E-state index in [1.807, 2.05) is 23.7 Å². The van der Waals surface area contributed by atoms with E-state index in [0.29, 0.717) is 40.1 Å². The molecule has 1 aromatic carbocycles. The van der Waals surface area contributed by atoms with Crippen LogP contribution in [-0.2, 0) is 20.2 Å². The Hall–Kier alpha value is -3.56. The number of aryl methyl sites for hydroxylation is 1. The second-order valence-corrected chi connectivity index (χ2v) is 9.34. The highest BCUT2D eigenvalue weighted by molar-refractivity contribution is 6.30. The number of aromatic carboxylic acids is 1. The van der Waals surface area contributed by atoms with Crippen LogP contribution < -0.4 is 4.74 Å². The predicted octanol–water partition coefficient (Wildman–Crippen LogP) is 4.81. The van der Waals surface area contributed by atoms with E-state index in [1.165, 1.54) is 12.1 Å². The van der Waals surface area contributed by atoms with Crippen molar-refractivity contribution in [1.29, 1.82) is 0 Å². The van der Waals surface area contributed by atoms with Crippen molar-refractivity contribution >= 4 is 28.7 Å². The van der Waals surface area contributed by atoms with Gasteiger partial charge >= 0.3 is 5.97 Å². The number of rotatable bonds is 7. The molecule has 1 fully saturated rings. The molecule has 0 saturated carbocycles. The molecule has 1 N–H and O–H groups in total. The standard InChI is InChI=1S/C26H25ClFN5O3/c1-32-23(29-21-7-8-22(26(34)35)31-25(21)32)14-33-11-9-16(10-12-33)20-3-2-4-24(30-20)36-15-17-5-6-18(27)13-19(17)28/h2-8,13,16H,9-12,14-15H2,1H3,(H,34,35). The van der Waals surface area contributed by atoms with Gasteiger partial charge in [0.1, 0.15) is 23.8 Å². The van der Waals surface area contributed by atoms with Crippen molar-refractivity contribution in [1.82, 2.24) is 24.4 Å². The highest BCUT2D eigenvalue weighted by Crippen LogP contribution is 2.29. The number of carboxylic acid groups (broad SMARTS) is 1. The summed E-state index contributed by atoms with van der Waals surface area (Å²) in [5.41, 5.74) is 2.66. The summed E-state index contributed by atoms with van der Waals surface area (Å²) in [4.78, 5) is 27.1. The molecule has 3 aromatic heterocycles. The van der Waals surface area contributed by atoms with Crippen molar-refractivity contribution in [3.63, 3.8) is 0 Å². The van der Waals surface area contributed by atoms with Crippen molar-refractivity contribution < 1.29 is 19.0 Å². The van der Waals surface area contributed by atoms with E-state index in [0.717, 1.165) is 37.4 Å². The molecule has 186 valence electrons. The van der Waals surface area contributed by atoms with Crippen LogP contribution in [0, 0.1) is 5.82 Å². The van der Waals surface area contributed by atoms with Crippen LogP contribution in [-0.4, -0.2) is 48.6 Å². The number of hydrogen-bond donors (Lipinski definition) is 1. The third-order valence-electron chi connectivity index (χ3n) is 6.53. The summed E-state index contributed by atoms with van der Waals surface area (Å²) in [6.07, 6.45) is 1.88. The summed E-state index contributed by atoms with van der Waals surface area (Å²) < 4.78 is 21.6. The van der Waals surface area contributed by atoms with Crippen LogP contribution in [0.15, 0.2) is 48.5 Å². The maximum absolute atomic E-state index is 14.0. The molecular formula is C26H25ClFN5O3. The minimum absolute atomic E-state index is 0.00914. The van der Waals surface area contributed by atoms with Crippen LogP contribution in [0.2, 0.25) is 5.02 Å². The van der Waals surface area contributed by atoms with Crippen molar-refractivity contribution in [2.45, 2.75) is 31.9 Å². The molecule has 0 radical (unpaired) electrons. The summed E-state index contributed by atoms with van der Waals surface area (Å²) in [5.74, 6) is 0.169. The summed E-state index contributed by atoms with van der Waals surface area (Å²) in [7, 11) is 1.86. The number of likely N-dealkylation sites (tertiary alicyclic amines) is 1. The number of piperidine rings is 1. The lowest BCUT2D eigenvalue weighted by Gasteiger charge is -2.31. The van der Waals surface area contributed by atoms with Gasteiger partial charge in [-0.2, -0.15) is 0 Å². The SMILES string of the molecule is Cn1c(CN2CCC(c3cccc(OCc4ccc(Cl)cc4F)n3)CC2)nc2ccc(C(=O)O)nc21. The molecule has 0 atom stereocenters. The fourth-order valence-electron chi connectivity index (χ4n) is 4.49. The molecule has 0 aliphatic carbocycles. The maximum Gasteiger partial charge on any atom is 0.354 e. The van der Waals surface area contributed by atoms with Crippen LogP contribution in [0.1, 0.15) is 46.3 Å². The highest BCUT2D eigenvalue weighted by atomic mass is 35.5. The van der Waals surface area contributed by atoms with Gasteiger partial charge in [-0.1, -0.05) is 23.7 Å². The summed E-state index contributed by atoms with van der Waals surface area (Å²) in [5, 5.41) is 9.56. The quantitative estimate of drug-likeness (QED) is 0.382. The van der Waals surface area contributed by atoms with Gasteiger partial charge < -0.3 is 14.4 Å². The molecule has 0 amide bonds. The number of fused-ring (bicyclic) bond motifs is 1. The first kappa shape index (κ1) is 24.1. The second-order valence-electron chi connectivity index (χ2n) is 8.91. The first-order valence-electron chi connectivity index (χ1n) is 11.7. The number of hydrogen-bond acceptors (Lipinski definition) is 6. The van der Waals surface area contributed by atoms with Crippen LogP contribution >= 0.6 is 11.6 Å². The zero-order chi connectivity index (χ0) is 25.2. The van der Waals surface area contributed by atoms with Crippen molar-refractivity contribution in [3.8, 4) is 5.88 Å². The Morgan fingerprint density at radius 3 is 2.69 bits per heavy atom. The molecule has 0 spiro atoms. The largest absolute Gasteiger partial charge is 0.477 e. The Morgan fingerprint density at radius 2 is 1.94 bits per heavy atom. The Balaban J connectivity index is 1.20. The van der Waals surface area contributed by atoms with Crippen LogP contribution in [0.5, 0.6) is 5.88 Å². The molecule has 4 aromatic rings. The molecule has 1 saturated heterocycles. The third-order valence-corrected chi connectivity index (χ3v) is 6.77. The zero-order valence-electron chi connectivity index (χ0n) is 19.7. The number of halogens is 2. The van der Waals surface area contributed by atoms with Crippen LogP contribution in [0.25, 0.3) is 11.2 Å². The number of ether oxygens (including phenoxy) is 1. The van der Waals surface area contributed by atoms with Crippen molar-refractivity contribution in [2.75, 3.05) is 13.1 Å². The smallest absolute Gasteiger partial charge is 0.354 e. The van der Waals surface area contributed by atoms with E-state index in [1.54, 1.807) is 24.3 Å². The fourth-order valence-corrected chi connectivity index (χ4v) is 4.65. The first-order chi connectivity index (χ1) is 17.4. The number of carboxylic acids is 1. The number of imidazole rings is 1. The minimum atomic E-state index is -1.05. The normalized spacial score (nSPS) is 14.9. The molecule has 1 aliphatic rings. The van der Waals surface area contributed by atoms with Crippen molar-refractivity contribution in [3.05, 3.63) is 82.1 Å². The van der Waals surface area contributed by atoms with Crippen LogP contribution in [0.3, 0.4) is 0 Å². The van der Waals surface area contributed by atoms with Gasteiger partial charge in [0, 0.05) is 35.3 Å². The third kappa shape index (κ3) is 5.17. The molecule has 5 rings (SSSR count). The molecule has 0 unspecified atom stereocenters. The first-order valence-corrected chi connectivity index (χ1v) is 12.1. The Bertz CT molecular complexity index is 1420. The lowest BCUT2D eigenvalue weighted by Crippen LogP contribution is -2.33. The topological polar surface area (TPSA) is 93.4 Å². The van der Waals surface area contributed by atoms with E-state index < -0.39 is 11.8 Å². The highest BCUT2D eigenvalue weighted by Gasteiger charge is 2.24. The van der Waals surface area contributed by atoms with Gasteiger partial charge in [-0.25, -0.2) is 24.1 Å². The van der Waals surface area contributed by atoms with Gasteiger partial charge in [0.05, 0.1) is 6.54 Å². The molecular weight excluding hydrogens is 485 g/mol. The van der Waals surface area contributed by atoms with Gasteiger partial charge in [0.15, 0.2) is 11.3 Å². The Morgan fingerprint density at radius 1 is 1.14 bits per heavy atom. The number of aromatic nitrogens is 4. The van der Waals surface area contributed by atoms with Crippen molar-refractivity contribution in [2.24, 2.45) is 7.05 Å². The van der Waals surface area contributed by atoms with E-state index in [9.17, 15) is 14.3 Å². The number of nitrogens with zero attached hydrogens (tertiary/aromatic N) is 5. The Kier molecular flexibility index (Phi) is 6.84. The van der Waals surface area contributed by atoms with Gasteiger partial charge in [0.2, 0.25) is 5.88 Å². The van der Waals surface area contributed by atoms with Gasteiger partial charge in [-0.05, 0) is 56.3 Å². The van der Waals surface area contributed by atoms with Gasteiger partial charge in [-0.15, -0.1) is 0 Å². The molecule has 10 heteroatoms. The number of carbonyl (C=O) groups is 1. The molecule has 0 bridgehead atoms. The zero-order valence-corrected chi connectivity index (χ0v) is 20.5. The molecule has 4 heterocycles. The van der Waals surface area contributed by atoms with Crippen LogP contribution in [0.4, 0.5) is 4.39 Å². The molecule has 36 heavy (non-hydrogen) atoms. The summed E-state index contributed by atoms with van der Waals surface area (Å²) in [6, 6.07) is 13.4. The Labute approximate surface area is 212 Å². The summed E-state index contributed by atoms with van der Waals surface area (Å²) >= 11 is 5.82. The van der Waals surface area contributed by atoms with E-state index in [2.05, 4.69) is 19.9 Å². The number of benzene rings is 1.